The van der Waals surface area contributed by atoms with E-state index in [9.17, 15) is 4.39 Å². The highest BCUT2D eigenvalue weighted by Crippen LogP contribution is 2.36. The minimum atomic E-state index is -0.295. The van der Waals surface area contributed by atoms with Crippen molar-refractivity contribution in [2.24, 2.45) is 0 Å². The Morgan fingerprint density at radius 2 is 1.97 bits per heavy atom. The SMILES string of the molecule is Cl.Fc1cccc(COc2ccc(Nc3ncnc4cc(-c5ccc[nH]5)sc34)cc2Cl)c1. The largest absolute Gasteiger partial charge is 0.487 e. The summed E-state index contributed by atoms with van der Waals surface area (Å²) in [4.78, 5) is 13.1. The molecule has 0 aliphatic carbocycles. The molecule has 0 spiro atoms. The fourth-order valence-electron chi connectivity index (χ4n) is 3.18. The van der Waals surface area contributed by atoms with Gasteiger partial charge in [0.15, 0.2) is 5.82 Å². The average molecular weight is 487 g/mol. The van der Waals surface area contributed by atoms with Gasteiger partial charge in [0.1, 0.15) is 24.5 Å². The number of aromatic nitrogens is 3. The number of anilines is 2. The summed E-state index contributed by atoms with van der Waals surface area (Å²) in [5.74, 6) is 0.933. The van der Waals surface area contributed by atoms with E-state index in [1.165, 1.54) is 18.5 Å². The van der Waals surface area contributed by atoms with Gasteiger partial charge < -0.3 is 15.0 Å². The van der Waals surface area contributed by atoms with E-state index in [2.05, 4.69) is 20.3 Å². The number of hydrogen-bond acceptors (Lipinski definition) is 5. The highest BCUT2D eigenvalue weighted by Gasteiger charge is 2.12. The molecule has 9 heteroatoms. The van der Waals surface area contributed by atoms with Gasteiger partial charge in [0, 0.05) is 11.9 Å². The first-order chi connectivity index (χ1) is 15.2. The van der Waals surface area contributed by atoms with Gasteiger partial charge in [-0.3, -0.25) is 0 Å². The summed E-state index contributed by atoms with van der Waals surface area (Å²) in [6.45, 7) is 0.230. The maximum Gasteiger partial charge on any atom is 0.151 e. The number of H-pyrrole nitrogens is 1. The van der Waals surface area contributed by atoms with Gasteiger partial charge in [0.05, 0.1) is 25.8 Å². The van der Waals surface area contributed by atoms with E-state index in [0.29, 0.717) is 16.6 Å². The van der Waals surface area contributed by atoms with Gasteiger partial charge >= 0.3 is 0 Å². The van der Waals surface area contributed by atoms with E-state index in [-0.39, 0.29) is 24.8 Å². The molecule has 3 heterocycles. The maximum atomic E-state index is 13.3. The summed E-state index contributed by atoms with van der Waals surface area (Å²) < 4.78 is 20.0. The van der Waals surface area contributed by atoms with Gasteiger partial charge in [-0.25, -0.2) is 14.4 Å². The quantitative estimate of drug-likeness (QED) is 0.265. The first-order valence-electron chi connectivity index (χ1n) is 9.48. The normalized spacial score (nSPS) is 10.7. The van der Waals surface area contributed by atoms with Crippen LogP contribution in [0.5, 0.6) is 5.75 Å². The van der Waals surface area contributed by atoms with Crippen molar-refractivity contribution in [1.29, 1.82) is 0 Å². The summed E-state index contributed by atoms with van der Waals surface area (Å²) in [6, 6.07) is 17.7. The van der Waals surface area contributed by atoms with Gasteiger partial charge in [0.25, 0.3) is 0 Å². The van der Waals surface area contributed by atoms with Gasteiger partial charge in [-0.15, -0.1) is 23.7 Å². The molecule has 0 unspecified atom stereocenters. The number of nitrogens with one attached hydrogen (secondary N) is 2. The molecule has 0 radical (unpaired) electrons. The molecule has 0 aliphatic heterocycles. The van der Waals surface area contributed by atoms with Gasteiger partial charge in [-0.05, 0) is 54.1 Å². The Morgan fingerprint density at radius 1 is 1.06 bits per heavy atom. The van der Waals surface area contributed by atoms with Crippen LogP contribution in [0.3, 0.4) is 0 Å². The first kappa shape index (κ1) is 22.1. The summed E-state index contributed by atoms with van der Waals surface area (Å²) >= 11 is 8.02. The van der Waals surface area contributed by atoms with Crippen LogP contribution in [-0.4, -0.2) is 15.0 Å². The molecule has 5 rings (SSSR count). The average Bonchev–Trinajstić information content (AvgIpc) is 3.43. The van der Waals surface area contributed by atoms with Crippen molar-refractivity contribution >= 4 is 57.1 Å². The topological polar surface area (TPSA) is 62.8 Å². The van der Waals surface area contributed by atoms with Crippen molar-refractivity contribution in [2.75, 3.05) is 5.32 Å². The fraction of sp³-hybridized carbons (Fsp3) is 0.0435. The van der Waals surface area contributed by atoms with Gasteiger partial charge in [0.2, 0.25) is 0 Å². The lowest BCUT2D eigenvalue weighted by Crippen LogP contribution is -1.98. The van der Waals surface area contributed by atoms with E-state index in [0.717, 1.165) is 32.0 Å². The van der Waals surface area contributed by atoms with E-state index in [1.54, 1.807) is 35.6 Å². The molecule has 0 atom stereocenters. The number of fused-ring (bicyclic) bond motifs is 1. The number of benzene rings is 2. The smallest absolute Gasteiger partial charge is 0.151 e. The molecule has 0 saturated carbocycles. The van der Waals surface area contributed by atoms with Crippen LogP contribution in [0.2, 0.25) is 5.02 Å². The molecule has 0 bridgehead atoms. The zero-order chi connectivity index (χ0) is 21.2. The monoisotopic (exact) mass is 486 g/mol. The lowest BCUT2D eigenvalue weighted by molar-refractivity contribution is 0.306. The molecular formula is C23H17Cl2FN4OS. The molecule has 5 aromatic rings. The van der Waals surface area contributed by atoms with Crippen molar-refractivity contribution < 1.29 is 9.13 Å². The van der Waals surface area contributed by atoms with Crippen molar-refractivity contribution in [2.45, 2.75) is 6.61 Å². The second-order valence-electron chi connectivity index (χ2n) is 6.82. The molecule has 0 aliphatic rings. The molecule has 0 amide bonds. The molecule has 0 fully saturated rings. The predicted molar refractivity (Wildman–Crippen MR) is 130 cm³/mol. The lowest BCUT2D eigenvalue weighted by Gasteiger charge is -2.11. The number of aromatic amines is 1. The zero-order valence-electron chi connectivity index (χ0n) is 16.5. The Balaban J connectivity index is 0.00000245. The molecule has 32 heavy (non-hydrogen) atoms. The van der Waals surface area contributed by atoms with Crippen LogP contribution in [0, 0.1) is 5.82 Å². The third-order valence-corrected chi connectivity index (χ3v) is 6.11. The van der Waals surface area contributed by atoms with E-state index >= 15 is 0 Å². The van der Waals surface area contributed by atoms with Crippen molar-refractivity contribution in [1.82, 2.24) is 15.0 Å². The zero-order valence-corrected chi connectivity index (χ0v) is 18.9. The standard InChI is InChI=1S/C23H16ClFN4OS.ClH/c24-17-10-16(6-7-20(17)30-12-14-3-1-4-15(25)9-14)29-23-22-19(27-13-28-23)11-21(31-22)18-5-2-8-26-18;/h1-11,13,26H,12H2,(H,27,28,29);1H. The number of nitrogens with zero attached hydrogens (tertiary/aromatic N) is 2. The summed E-state index contributed by atoms with van der Waals surface area (Å²) in [7, 11) is 0. The van der Waals surface area contributed by atoms with E-state index in [1.807, 2.05) is 30.5 Å². The second-order valence-corrected chi connectivity index (χ2v) is 8.28. The van der Waals surface area contributed by atoms with Crippen LogP contribution in [0.25, 0.3) is 20.8 Å². The van der Waals surface area contributed by atoms with Crippen molar-refractivity contribution in [3.8, 4) is 16.3 Å². The Bertz CT molecular complexity index is 1360. The minimum absolute atomic E-state index is 0. The third-order valence-electron chi connectivity index (χ3n) is 4.65. The van der Waals surface area contributed by atoms with E-state index < -0.39 is 0 Å². The Kier molecular flexibility index (Phi) is 6.60. The molecule has 0 saturated heterocycles. The van der Waals surface area contributed by atoms with Crippen LogP contribution in [-0.2, 0) is 6.61 Å². The molecule has 2 N–H and O–H groups in total. The van der Waals surface area contributed by atoms with Crippen LogP contribution >= 0.6 is 35.3 Å². The number of thiophene rings is 1. The number of halogens is 3. The van der Waals surface area contributed by atoms with Gasteiger partial charge in [-0.2, -0.15) is 0 Å². The van der Waals surface area contributed by atoms with Crippen LogP contribution in [0.1, 0.15) is 5.56 Å². The van der Waals surface area contributed by atoms with E-state index in [4.69, 9.17) is 16.3 Å². The highest BCUT2D eigenvalue weighted by molar-refractivity contribution is 7.22. The number of ether oxygens (including phenoxy) is 1. The number of rotatable bonds is 6. The summed E-state index contributed by atoms with van der Waals surface area (Å²) in [5, 5.41) is 3.76. The fourth-order valence-corrected chi connectivity index (χ4v) is 4.46. The third kappa shape index (κ3) is 4.70. The first-order valence-corrected chi connectivity index (χ1v) is 10.7. The minimum Gasteiger partial charge on any atom is -0.487 e. The Labute approximate surface area is 198 Å². The molecule has 5 nitrogen and oxygen atoms in total. The summed E-state index contributed by atoms with van der Waals surface area (Å²) in [6.07, 6.45) is 3.43. The summed E-state index contributed by atoms with van der Waals surface area (Å²) in [5.41, 5.74) is 3.42. The molecule has 3 aromatic heterocycles. The Hall–Kier alpha value is -3.13. The predicted octanol–water partition coefficient (Wildman–Crippen LogP) is 7.22. The lowest BCUT2D eigenvalue weighted by atomic mass is 10.2. The van der Waals surface area contributed by atoms with Crippen LogP contribution in [0.15, 0.2) is 73.2 Å². The van der Waals surface area contributed by atoms with Crippen LogP contribution in [0.4, 0.5) is 15.9 Å². The Morgan fingerprint density at radius 3 is 2.75 bits per heavy atom. The number of hydrogen-bond donors (Lipinski definition) is 2. The van der Waals surface area contributed by atoms with Crippen molar-refractivity contribution in [3.63, 3.8) is 0 Å². The maximum absolute atomic E-state index is 13.3. The molecular weight excluding hydrogens is 470 g/mol. The molecule has 162 valence electrons. The van der Waals surface area contributed by atoms with Gasteiger partial charge in [-0.1, -0.05) is 23.7 Å². The van der Waals surface area contributed by atoms with Crippen molar-refractivity contribution in [3.05, 3.63) is 89.6 Å². The second kappa shape index (κ2) is 9.56. The molecule has 2 aromatic carbocycles. The van der Waals surface area contributed by atoms with Crippen LogP contribution < -0.4 is 10.1 Å². The highest BCUT2D eigenvalue weighted by atomic mass is 35.5.